The summed E-state index contributed by atoms with van der Waals surface area (Å²) < 4.78 is 0. The predicted octanol–water partition coefficient (Wildman–Crippen LogP) is 6.90. The zero-order valence-electron chi connectivity index (χ0n) is 23.7. The lowest BCUT2D eigenvalue weighted by Gasteiger charge is -2.17. The van der Waals surface area contributed by atoms with Gasteiger partial charge in [0.15, 0.2) is 0 Å². The van der Waals surface area contributed by atoms with Crippen molar-refractivity contribution in [3.05, 3.63) is 131 Å². The summed E-state index contributed by atoms with van der Waals surface area (Å²) in [5.41, 5.74) is 5.37. The monoisotopic (exact) mass is 575 g/mol. The lowest BCUT2D eigenvalue weighted by molar-refractivity contribution is -0.116. The van der Waals surface area contributed by atoms with Gasteiger partial charge in [0, 0.05) is 28.4 Å². The van der Waals surface area contributed by atoms with Crippen LogP contribution in [0.4, 0.5) is 11.4 Å². The molecular weight excluding hydrogens is 542 g/mol. The van der Waals surface area contributed by atoms with E-state index in [1.807, 2.05) is 65.6 Å². The number of rotatable bonds is 9. The van der Waals surface area contributed by atoms with E-state index in [0.29, 0.717) is 29.5 Å². The molecule has 0 bridgehead atoms. The van der Waals surface area contributed by atoms with Gasteiger partial charge in [-0.2, -0.15) is 0 Å². The van der Waals surface area contributed by atoms with Crippen LogP contribution in [0.25, 0.3) is 6.08 Å². The van der Waals surface area contributed by atoms with Crippen LogP contribution in [-0.2, 0) is 16.0 Å². The molecular formula is C35H33N3O3S. The Morgan fingerprint density at radius 1 is 0.857 bits per heavy atom. The molecule has 5 rings (SSSR count). The smallest absolute Gasteiger partial charge is 0.272 e. The third-order valence-corrected chi connectivity index (χ3v) is 8.10. The van der Waals surface area contributed by atoms with Gasteiger partial charge in [-0.3, -0.25) is 14.4 Å². The van der Waals surface area contributed by atoms with Crippen molar-refractivity contribution >= 4 is 46.9 Å². The Balaban J connectivity index is 1.25. The molecule has 2 N–H and O–H groups in total. The van der Waals surface area contributed by atoms with Gasteiger partial charge in [0.1, 0.15) is 5.70 Å². The molecule has 0 spiro atoms. The van der Waals surface area contributed by atoms with E-state index in [9.17, 15) is 14.4 Å². The van der Waals surface area contributed by atoms with Gasteiger partial charge in [0.25, 0.3) is 11.8 Å². The van der Waals surface area contributed by atoms with E-state index in [4.69, 9.17) is 0 Å². The zero-order valence-corrected chi connectivity index (χ0v) is 24.5. The quantitative estimate of drug-likeness (QED) is 0.168. The van der Waals surface area contributed by atoms with Crippen LogP contribution in [0.2, 0.25) is 0 Å². The number of carbonyl (C=O) groups excluding carboxylic acids is 3. The average molecular weight is 576 g/mol. The number of nitrogens with one attached hydrogen (secondary N) is 2. The Kier molecular flexibility index (Phi) is 9.19. The Labute approximate surface area is 250 Å². The predicted molar refractivity (Wildman–Crippen MR) is 171 cm³/mol. The maximum absolute atomic E-state index is 13.4. The second-order valence-corrected chi connectivity index (χ2v) is 11.4. The van der Waals surface area contributed by atoms with Crippen LogP contribution >= 0.6 is 11.8 Å². The summed E-state index contributed by atoms with van der Waals surface area (Å²) in [7, 11) is 0. The van der Waals surface area contributed by atoms with E-state index in [2.05, 4.69) is 30.5 Å². The number of para-hydroxylation sites is 1. The first kappa shape index (κ1) is 28.9. The van der Waals surface area contributed by atoms with Crippen molar-refractivity contribution < 1.29 is 14.4 Å². The first-order chi connectivity index (χ1) is 20.4. The maximum Gasteiger partial charge on any atom is 0.272 e. The number of hydrogen-bond donors (Lipinski definition) is 2. The number of fused-ring (bicyclic) bond motifs is 1. The third-order valence-electron chi connectivity index (χ3n) is 7.11. The fourth-order valence-corrected chi connectivity index (χ4v) is 5.51. The normalized spacial score (nSPS) is 12.6. The SMILES string of the molecule is CC(C)c1ccc(/C=C(\NC(=O)c2ccccc2)C(=O)Nc2ccc(SCC(=O)N3CCc4ccccc43)cc2)cc1. The summed E-state index contributed by atoms with van der Waals surface area (Å²) in [5, 5.41) is 5.67. The van der Waals surface area contributed by atoms with Crippen molar-refractivity contribution in [2.45, 2.75) is 31.1 Å². The second-order valence-electron chi connectivity index (χ2n) is 10.4. The Hall–Kier alpha value is -4.62. The van der Waals surface area contributed by atoms with Crippen LogP contribution in [0, 0.1) is 0 Å². The third kappa shape index (κ3) is 7.17. The molecule has 1 aliphatic rings. The lowest BCUT2D eigenvalue weighted by atomic mass is 10.0. The number of amides is 3. The zero-order chi connectivity index (χ0) is 29.5. The fourth-order valence-electron chi connectivity index (χ4n) is 4.74. The van der Waals surface area contributed by atoms with E-state index >= 15 is 0 Å². The molecule has 3 amide bonds. The Morgan fingerprint density at radius 2 is 1.55 bits per heavy atom. The highest BCUT2D eigenvalue weighted by Crippen LogP contribution is 2.29. The molecule has 0 saturated carbocycles. The molecule has 212 valence electrons. The summed E-state index contributed by atoms with van der Waals surface area (Å²) in [6.07, 6.45) is 2.55. The molecule has 0 fully saturated rings. The highest BCUT2D eigenvalue weighted by atomic mass is 32.2. The van der Waals surface area contributed by atoms with Crippen LogP contribution in [0.3, 0.4) is 0 Å². The van der Waals surface area contributed by atoms with Gasteiger partial charge in [-0.1, -0.05) is 74.5 Å². The molecule has 4 aromatic carbocycles. The first-order valence-electron chi connectivity index (χ1n) is 14.0. The highest BCUT2D eigenvalue weighted by molar-refractivity contribution is 8.00. The largest absolute Gasteiger partial charge is 0.321 e. The Morgan fingerprint density at radius 3 is 2.26 bits per heavy atom. The van der Waals surface area contributed by atoms with Crippen molar-refractivity contribution in [3.8, 4) is 0 Å². The number of nitrogens with zero attached hydrogens (tertiary/aromatic N) is 1. The second kappa shape index (κ2) is 13.4. The number of anilines is 2. The summed E-state index contributed by atoms with van der Waals surface area (Å²) in [4.78, 5) is 41.9. The van der Waals surface area contributed by atoms with Gasteiger partial charge in [-0.15, -0.1) is 11.8 Å². The molecule has 0 saturated heterocycles. The van der Waals surface area contributed by atoms with Crippen molar-refractivity contribution in [2.24, 2.45) is 0 Å². The molecule has 0 aromatic heterocycles. The van der Waals surface area contributed by atoms with Gasteiger partial charge in [0.05, 0.1) is 5.75 Å². The lowest BCUT2D eigenvalue weighted by Crippen LogP contribution is -2.30. The molecule has 0 unspecified atom stereocenters. The summed E-state index contributed by atoms with van der Waals surface area (Å²) in [6, 6.07) is 32.1. The van der Waals surface area contributed by atoms with E-state index in [0.717, 1.165) is 22.6 Å². The fraction of sp³-hybridized carbons (Fsp3) is 0.171. The van der Waals surface area contributed by atoms with Gasteiger partial charge in [-0.05, 0) is 77.6 Å². The molecule has 0 atom stereocenters. The summed E-state index contributed by atoms with van der Waals surface area (Å²) >= 11 is 1.46. The minimum absolute atomic E-state index is 0.0766. The molecule has 1 heterocycles. The molecule has 7 heteroatoms. The van der Waals surface area contributed by atoms with Gasteiger partial charge in [0.2, 0.25) is 5.91 Å². The number of thioether (sulfide) groups is 1. The Bertz CT molecular complexity index is 1600. The molecule has 0 radical (unpaired) electrons. The highest BCUT2D eigenvalue weighted by Gasteiger charge is 2.24. The summed E-state index contributed by atoms with van der Waals surface area (Å²) in [6.45, 7) is 4.96. The van der Waals surface area contributed by atoms with E-state index in [-0.39, 0.29) is 17.5 Å². The molecule has 4 aromatic rings. The topological polar surface area (TPSA) is 78.5 Å². The number of carbonyl (C=O) groups is 3. The van der Waals surface area contributed by atoms with Crippen molar-refractivity contribution in [1.29, 1.82) is 0 Å². The van der Waals surface area contributed by atoms with Gasteiger partial charge < -0.3 is 15.5 Å². The van der Waals surface area contributed by atoms with E-state index in [1.54, 1.807) is 42.5 Å². The number of benzene rings is 4. The van der Waals surface area contributed by atoms with Crippen LogP contribution in [0.5, 0.6) is 0 Å². The van der Waals surface area contributed by atoms with Gasteiger partial charge in [-0.25, -0.2) is 0 Å². The first-order valence-corrected chi connectivity index (χ1v) is 15.0. The van der Waals surface area contributed by atoms with E-state index in [1.165, 1.54) is 22.9 Å². The van der Waals surface area contributed by atoms with Crippen LogP contribution in [0.15, 0.2) is 114 Å². The standard InChI is InChI=1S/C35H33N3O3S/c1-24(2)26-14-12-25(13-15-26)22-31(37-34(40)28-9-4-3-5-10-28)35(41)36-29-16-18-30(19-17-29)42-23-33(39)38-21-20-27-8-6-7-11-32(27)38/h3-19,22,24H,20-21,23H2,1-2H3,(H,36,41)(H,37,40)/b31-22-. The number of hydrogen-bond acceptors (Lipinski definition) is 4. The molecule has 42 heavy (non-hydrogen) atoms. The van der Waals surface area contributed by atoms with Crippen LogP contribution in [-0.4, -0.2) is 30.0 Å². The average Bonchev–Trinajstić information content (AvgIpc) is 3.45. The van der Waals surface area contributed by atoms with Crippen molar-refractivity contribution in [1.82, 2.24) is 5.32 Å². The molecule has 6 nitrogen and oxygen atoms in total. The van der Waals surface area contributed by atoms with Gasteiger partial charge >= 0.3 is 0 Å². The van der Waals surface area contributed by atoms with Crippen LogP contribution < -0.4 is 15.5 Å². The molecule has 1 aliphatic heterocycles. The molecule has 0 aliphatic carbocycles. The van der Waals surface area contributed by atoms with Crippen molar-refractivity contribution in [3.63, 3.8) is 0 Å². The minimum atomic E-state index is -0.435. The maximum atomic E-state index is 13.4. The minimum Gasteiger partial charge on any atom is -0.321 e. The van der Waals surface area contributed by atoms with E-state index < -0.39 is 5.91 Å². The van der Waals surface area contributed by atoms with Crippen molar-refractivity contribution in [2.75, 3.05) is 22.5 Å². The van der Waals surface area contributed by atoms with Crippen LogP contribution in [0.1, 0.15) is 46.8 Å². The summed E-state index contributed by atoms with van der Waals surface area (Å²) in [5.74, 6) is -0.00979.